The van der Waals surface area contributed by atoms with Crippen molar-refractivity contribution >= 4 is 17.3 Å². The second-order valence-electron chi connectivity index (χ2n) is 6.92. The molecule has 0 saturated heterocycles. The lowest BCUT2D eigenvalue weighted by molar-refractivity contribution is -0.141. The van der Waals surface area contributed by atoms with Gasteiger partial charge in [-0.05, 0) is 31.5 Å². The van der Waals surface area contributed by atoms with Crippen LogP contribution in [0.5, 0.6) is 0 Å². The van der Waals surface area contributed by atoms with Crippen molar-refractivity contribution in [1.82, 2.24) is 19.9 Å². The Bertz CT molecular complexity index is 1050. The number of benzene rings is 1. The molecule has 144 valence electrons. The van der Waals surface area contributed by atoms with E-state index in [4.69, 9.17) is 4.84 Å². The fourth-order valence-corrected chi connectivity index (χ4v) is 3.20. The van der Waals surface area contributed by atoms with E-state index in [1.807, 2.05) is 28.8 Å². The van der Waals surface area contributed by atoms with E-state index in [0.717, 1.165) is 11.5 Å². The van der Waals surface area contributed by atoms with Crippen LogP contribution in [0, 0.1) is 5.82 Å². The number of hydrogen-bond acceptors (Lipinski definition) is 5. The number of halogens is 1. The zero-order valence-electron chi connectivity index (χ0n) is 15.4. The second-order valence-corrected chi connectivity index (χ2v) is 6.92. The van der Waals surface area contributed by atoms with Crippen molar-refractivity contribution in [2.75, 3.05) is 6.54 Å². The van der Waals surface area contributed by atoms with E-state index in [1.54, 1.807) is 25.1 Å². The van der Waals surface area contributed by atoms with Crippen LogP contribution in [-0.4, -0.2) is 38.4 Å². The summed E-state index contributed by atoms with van der Waals surface area (Å²) in [6.07, 6.45) is 3.52. The molecule has 2 aromatic heterocycles. The van der Waals surface area contributed by atoms with E-state index in [9.17, 15) is 9.18 Å². The van der Waals surface area contributed by atoms with E-state index in [1.165, 1.54) is 6.07 Å². The number of carbonyl (C=O) groups is 1. The van der Waals surface area contributed by atoms with Crippen LogP contribution in [0.2, 0.25) is 0 Å². The normalized spacial score (nSPS) is 18.7. The van der Waals surface area contributed by atoms with E-state index in [2.05, 4.69) is 20.7 Å². The molecule has 0 saturated carbocycles. The minimum atomic E-state index is -1.14. The van der Waals surface area contributed by atoms with E-state index in [0.29, 0.717) is 30.7 Å². The Labute approximate surface area is 161 Å². The number of pyridine rings is 1. The zero-order valence-corrected chi connectivity index (χ0v) is 15.4. The lowest BCUT2D eigenvalue weighted by Gasteiger charge is -2.20. The van der Waals surface area contributed by atoms with Gasteiger partial charge < -0.3 is 10.2 Å². The predicted molar refractivity (Wildman–Crippen MR) is 101 cm³/mol. The molecule has 7 nitrogen and oxygen atoms in total. The molecule has 28 heavy (non-hydrogen) atoms. The van der Waals surface area contributed by atoms with Gasteiger partial charge in [0.15, 0.2) is 5.65 Å². The van der Waals surface area contributed by atoms with Gasteiger partial charge >= 0.3 is 0 Å². The second kappa shape index (κ2) is 7.38. The third kappa shape index (κ3) is 3.45. The molecule has 1 amide bonds. The van der Waals surface area contributed by atoms with Gasteiger partial charge in [-0.3, -0.25) is 9.20 Å². The summed E-state index contributed by atoms with van der Waals surface area (Å²) < 4.78 is 15.9. The minimum absolute atomic E-state index is 0.217. The molecule has 1 aliphatic heterocycles. The summed E-state index contributed by atoms with van der Waals surface area (Å²) in [4.78, 5) is 17.9. The maximum absolute atomic E-state index is 13.9. The number of rotatable bonds is 6. The number of nitrogens with one attached hydrogen (secondary N) is 1. The fourth-order valence-electron chi connectivity index (χ4n) is 3.20. The first-order valence-electron chi connectivity index (χ1n) is 9.14. The van der Waals surface area contributed by atoms with E-state index >= 15 is 0 Å². The third-order valence-electron chi connectivity index (χ3n) is 4.77. The van der Waals surface area contributed by atoms with Crippen LogP contribution in [0.15, 0.2) is 53.8 Å². The summed E-state index contributed by atoms with van der Waals surface area (Å²) in [5, 5.41) is 15.1. The van der Waals surface area contributed by atoms with Gasteiger partial charge in [0.25, 0.3) is 5.91 Å². The Hall–Kier alpha value is -3.29. The molecule has 0 spiro atoms. The molecule has 1 aromatic carbocycles. The van der Waals surface area contributed by atoms with Crippen molar-refractivity contribution in [2.45, 2.75) is 31.8 Å². The molecule has 0 bridgehead atoms. The first kappa shape index (κ1) is 18.1. The third-order valence-corrected chi connectivity index (χ3v) is 4.77. The Kier molecular flexibility index (Phi) is 4.77. The van der Waals surface area contributed by atoms with Gasteiger partial charge in [0, 0.05) is 31.1 Å². The molecule has 4 rings (SSSR count). The number of aromatic nitrogens is 3. The summed E-state index contributed by atoms with van der Waals surface area (Å²) >= 11 is 0. The number of hydrogen-bond donors (Lipinski definition) is 1. The molecule has 3 heterocycles. The topological polar surface area (TPSA) is 80.9 Å². The number of aryl methyl sites for hydroxylation is 1. The summed E-state index contributed by atoms with van der Waals surface area (Å²) in [5.74, 6) is 0.196. The molecular weight excluding hydrogens is 361 g/mol. The highest BCUT2D eigenvalue weighted by molar-refractivity contribution is 6.05. The quantitative estimate of drug-likeness (QED) is 0.665. The van der Waals surface area contributed by atoms with Crippen LogP contribution in [0.3, 0.4) is 0 Å². The van der Waals surface area contributed by atoms with Crippen LogP contribution in [0.4, 0.5) is 4.39 Å². The summed E-state index contributed by atoms with van der Waals surface area (Å²) in [7, 11) is 0. The van der Waals surface area contributed by atoms with E-state index in [-0.39, 0.29) is 18.1 Å². The fraction of sp³-hybridized carbons (Fsp3) is 0.300. The standard InChI is InChI=1S/C20H20FN5O2/c1-20(13-16(25-28-20)14-7-2-3-8-15(14)21)19(27)22-11-6-10-18-24-23-17-9-4-5-12-26(17)18/h2-5,7-9,12H,6,10-11,13H2,1H3,(H,22,27). The lowest BCUT2D eigenvalue weighted by Crippen LogP contribution is -2.45. The summed E-state index contributed by atoms with van der Waals surface area (Å²) in [6, 6.07) is 12.1. The van der Waals surface area contributed by atoms with Crippen LogP contribution < -0.4 is 5.32 Å². The summed E-state index contributed by atoms with van der Waals surface area (Å²) in [5.41, 5.74) is 0.453. The summed E-state index contributed by atoms with van der Waals surface area (Å²) in [6.45, 7) is 2.13. The van der Waals surface area contributed by atoms with Gasteiger partial charge in [-0.2, -0.15) is 0 Å². The highest BCUT2D eigenvalue weighted by Crippen LogP contribution is 2.27. The predicted octanol–water partition coefficient (Wildman–Crippen LogP) is 2.50. The van der Waals surface area contributed by atoms with Crippen LogP contribution >= 0.6 is 0 Å². The Morgan fingerprint density at radius 3 is 2.93 bits per heavy atom. The van der Waals surface area contributed by atoms with Crippen molar-refractivity contribution in [3.8, 4) is 0 Å². The van der Waals surface area contributed by atoms with Gasteiger partial charge in [0.2, 0.25) is 5.60 Å². The molecule has 8 heteroatoms. The maximum Gasteiger partial charge on any atom is 0.267 e. The van der Waals surface area contributed by atoms with Gasteiger partial charge in [0.1, 0.15) is 11.6 Å². The number of nitrogens with zero attached hydrogens (tertiary/aromatic N) is 4. The van der Waals surface area contributed by atoms with Gasteiger partial charge in [-0.15, -0.1) is 10.2 Å². The van der Waals surface area contributed by atoms with Crippen LogP contribution in [0.1, 0.15) is 31.2 Å². The SMILES string of the molecule is CC1(C(=O)NCCCc2nnc3ccccn23)CC(c2ccccc2F)=NO1. The molecule has 1 atom stereocenters. The van der Waals surface area contributed by atoms with Crippen molar-refractivity contribution in [1.29, 1.82) is 0 Å². The van der Waals surface area contributed by atoms with Gasteiger partial charge in [-0.1, -0.05) is 29.4 Å². The number of oxime groups is 1. The lowest BCUT2D eigenvalue weighted by atomic mass is 9.95. The maximum atomic E-state index is 13.9. The Balaban J connectivity index is 1.30. The Morgan fingerprint density at radius 1 is 1.25 bits per heavy atom. The number of amides is 1. The number of carbonyl (C=O) groups excluding carboxylic acids is 1. The molecule has 1 aliphatic rings. The highest BCUT2D eigenvalue weighted by Gasteiger charge is 2.42. The first-order valence-corrected chi connectivity index (χ1v) is 9.14. The molecule has 0 fully saturated rings. The average molecular weight is 381 g/mol. The van der Waals surface area contributed by atoms with Gasteiger partial charge in [-0.25, -0.2) is 4.39 Å². The molecule has 1 unspecified atom stereocenters. The molecule has 0 aliphatic carbocycles. The molecule has 3 aromatic rings. The minimum Gasteiger partial charge on any atom is -0.379 e. The number of fused-ring (bicyclic) bond motifs is 1. The van der Waals surface area contributed by atoms with Gasteiger partial charge in [0.05, 0.1) is 5.71 Å². The highest BCUT2D eigenvalue weighted by atomic mass is 19.1. The largest absolute Gasteiger partial charge is 0.379 e. The van der Waals surface area contributed by atoms with Crippen LogP contribution in [-0.2, 0) is 16.1 Å². The van der Waals surface area contributed by atoms with Crippen LogP contribution in [0.25, 0.3) is 5.65 Å². The van der Waals surface area contributed by atoms with Crippen molar-refractivity contribution < 1.29 is 14.0 Å². The van der Waals surface area contributed by atoms with Crippen molar-refractivity contribution in [2.24, 2.45) is 5.16 Å². The smallest absolute Gasteiger partial charge is 0.267 e. The van der Waals surface area contributed by atoms with Crippen molar-refractivity contribution in [3.63, 3.8) is 0 Å². The Morgan fingerprint density at radius 2 is 2.07 bits per heavy atom. The molecule has 1 N–H and O–H groups in total. The zero-order chi connectivity index (χ0) is 19.6. The van der Waals surface area contributed by atoms with Crippen molar-refractivity contribution in [3.05, 3.63) is 65.9 Å². The molecule has 0 radical (unpaired) electrons. The monoisotopic (exact) mass is 381 g/mol. The molecular formula is C20H20FN5O2. The first-order chi connectivity index (χ1) is 13.6. The van der Waals surface area contributed by atoms with E-state index < -0.39 is 5.60 Å². The average Bonchev–Trinajstić information content (AvgIpc) is 3.30.